The number of aldehydes is 1. The molecule has 0 amide bonds. The SMILES string of the molecule is C.CCOc1ccc(Br)cc1C=O. The second-order valence-electron chi connectivity index (χ2n) is 2.23. The molecule has 0 aliphatic rings. The summed E-state index contributed by atoms with van der Waals surface area (Å²) in [6.45, 7) is 2.46. The molecule has 0 atom stereocenters. The standard InChI is InChI=1S/C9H9BrO2.CH4/c1-2-12-9-4-3-8(10)5-7(9)6-11;/h3-6H,2H2,1H3;1H4. The molecule has 0 N–H and O–H groups in total. The fraction of sp³-hybridized carbons (Fsp3) is 0.300. The molecule has 0 unspecified atom stereocenters. The van der Waals surface area contributed by atoms with E-state index in [0.29, 0.717) is 17.9 Å². The summed E-state index contributed by atoms with van der Waals surface area (Å²) in [6, 6.07) is 5.35. The Labute approximate surface area is 87.0 Å². The molecule has 1 rings (SSSR count). The summed E-state index contributed by atoms with van der Waals surface area (Å²) in [4.78, 5) is 10.6. The lowest BCUT2D eigenvalue weighted by Gasteiger charge is -2.05. The Bertz CT molecular complexity index is 284. The van der Waals surface area contributed by atoms with Gasteiger partial charge in [-0.1, -0.05) is 23.4 Å². The van der Waals surface area contributed by atoms with Crippen LogP contribution in [0.2, 0.25) is 0 Å². The Morgan fingerprint density at radius 2 is 2.23 bits per heavy atom. The molecule has 0 radical (unpaired) electrons. The minimum Gasteiger partial charge on any atom is -0.493 e. The van der Waals surface area contributed by atoms with Crippen LogP contribution in [0.4, 0.5) is 0 Å². The minimum absolute atomic E-state index is 0. The Kier molecular flexibility index (Phi) is 5.39. The maximum absolute atomic E-state index is 10.6. The molecule has 2 nitrogen and oxygen atoms in total. The van der Waals surface area contributed by atoms with Crippen LogP contribution in [0.1, 0.15) is 24.7 Å². The van der Waals surface area contributed by atoms with Gasteiger partial charge in [0, 0.05) is 4.47 Å². The van der Waals surface area contributed by atoms with Crippen LogP contribution in [-0.2, 0) is 0 Å². The van der Waals surface area contributed by atoms with Crippen LogP contribution in [0, 0.1) is 0 Å². The van der Waals surface area contributed by atoms with Gasteiger partial charge in [-0.25, -0.2) is 0 Å². The maximum Gasteiger partial charge on any atom is 0.153 e. The molecule has 0 spiro atoms. The quantitative estimate of drug-likeness (QED) is 0.763. The monoisotopic (exact) mass is 244 g/mol. The van der Waals surface area contributed by atoms with Crippen LogP contribution in [-0.4, -0.2) is 12.9 Å². The van der Waals surface area contributed by atoms with Crippen molar-refractivity contribution in [1.82, 2.24) is 0 Å². The first-order valence-corrected chi connectivity index (χ1v) is 4.44. The predicted octanol–water partition coefficient (Wildman–Crippen LogP) is 3.30. The molecule has 72 valence electrons. The van der Waals surface area contributed by atoms with Gasteiger partial charge < -0.3 is 4.74 Å². The van der Waals surface area contributed by atoms with Crippen molar-refractivity contribution < 1.29 is 9.53 Å². The van der Waals surface area contributed by atoms with E-state index >= 15 is 0 Å². The molecule has 0 aromatic heterocycles. The number of halogens is 1. The summed E-state index contributed by atoms with van der Waals surface area (Å²) in [6.07, 6.45) is 0.787. The number of hydrogen-bond donors (Lipinski definition) is 0. The van der Waals surface area contributed by atoms with Crippen molar-refractivity contribution in [2.24, 2.45) is 0 Å². The molecule has 0 bridgehead atoms. The highest BCUT2D eigenvalue weighted by Gasteiger charge is 2.01. The van der Waals surface area contributed by atoms with Crippen LogP contribution < -0.4 is 4.74 Å². The molecule has 0 saturated carbocycles. The smallest absolute Gasteiger partial charge is 0.153 e. The molecule has 3 heteroatoms. The van der Waals surface area contributed by atoms with E-state index in [2.05, 4.69) is 15.9 Å². The third kappa shape index (κ3) is 3.19. The van der Waals surface area contributed by atoms with Crippen LogP contribution in [0.5, 0.6) is 5.75 Å². The molecule has 13 heavy (non-hydrogen) atoms. The zero-order valence-electron chi connectivity index (χ0n) is 6.71. The summed E-state index contributed by atoms with van der Waals surface area (Å²) < 4.78 is 6.11. The highest BCUT2D eigenvalue weighted by molar-refractivity contribution is 9.10. The van der Waals surface area contributed by atoms with Crippen molar-refractivity contribution in [3.63, 3.8) is 0 Å². The van der Waals surface area contributed by atoms with Crippen LogP contribution in [0.15, 0.2) is 22.7 Å². The number of hydrogen-bond acceptors (Lipinski definition) is 2. The van der Waals surface area contributed by atoms with E-state index in [9.17, 15) is 4.79 Å². The number of benzene rings is 1. The number of ether oxygens (including phenoxy) is 1. The molecule has 0 fully saturated rings. The molecule has 0 heterocycles. The van der Waals surface area contributed by atoms with Crippen LogP contribution in [0.25, 0.3) is 0 Å². The lowest BCUT2D eigenvalue weighted by Crippen LogP contribution is -1.95. The van der Waals surface area contributed by atoms with Gasteiger partial charge in [0.15, 0.2) is 6.29 Å². The Morgan fingerprint density at radius 3 is 2.77 bits per heavy atom. The molecule has 0 aliphatic carbocycles. The van der Waals surface area contributed by atoms with E-state index in [1.165, 1.54) is 0 Å². The van der Waals surface area contributed by atoms with Gasteiger partial charge in [0.2, 0.25) is 0 Å². The first-order chi connectivity index (χ1) is 5.77. The third-order valence-corrected chi connectivity index (χ3v) is 1.89. The number of rotatable bonds is 3. The summed E-state index contributed by atoms with van der Waals surface area (Å²) in [5.74, 6) is 0.635. The van der Waals surface area contributed by atoms with Gasteiger partial charge in [-0.15, -0.1) is 0 Å². The van der Waals surface area contributed by atoms with E-state index in [0.717, 1.165) is 10.8 Å². The lowest BCUT2D eigenvalue weighted by molar-refractivity contribution is 0.112. The highest BCUT2D eigenvalue weighted by atomic mass is 79.9. The summed E-state index contributed by atoms with van der Waals surface area (Å²) in [5, 5.41) is 0. The molecule has 0 aliphatic heterocycles. The zero-order chi connectivity index (χ0) is 8.97. The topological polar surface area (TPSA) is 26.3 Å². The second kappa shape index (κ2) is 5.75. The van der Waals surface area contributed by atoms with Crippen molar-refractivity contribution in [3.05, 3.63) is 28.2 Å². The van der Waals surface area contributed by atoms with Crippen LogP contribution >= 0.6 is 15.9 Å². The van der Waals surface area contributed by atoms with Gasteiger partial charge in [-0.3, -0.25) is 4.79 Å². The Morgan fingerprint density at radius 1 is 1.54 bits per heavy atom. The second-order valence-corrected chi connectivity index (χ2v) is 3.15. The Balaban J connectivity index is 0.00000144. The van der Waals surface area contributed by atoms with E-state index < -0.39 is 0 Å². The third-order valence-electron chi connectivity index (χ3n) is 1.40. The summed E-state index contributed by atoms with van der Waals surface area (Å²) in [5.41, 5.74) is 0.575. The molecular formula is C10H13BrO2. The summed E-state index contributed by atoms with van der Waals surface area (Å²) in [7, 11) is 0. The van der Waals surface area contributed by atoms with Gasteiger partial charge in [0.05, 0.1) is 12.2 Å². The maximum atomic E-state index is 10.6. The van der Waals surface area contributed by atoms with Crippen molar-refractivity contribution >= 4 is 22.2 Å². The van der Waals surface area contributed by atoms with Crippen molar-refractivity contribution in [1.29, 1.82) is 0 Å². The molecule has 1 aromatic carbocycles. The minimum atomic E-state index is 0. The van der Waals surface area contributed by atoms with Gasteiger partial charge in [0.1, 0.15) is 5.75 Å². The van der Waals surface area contributed by atoms with E-state index in [4.69, 9.17) is 4.74 Å². The van der Waals surface area contributed by atoms with Gasteiger partial charge in [-0.05, 0) is 25.1 Å². The first kappa shape index (κ1) is 12.2. The first-order valence-electron chi connectivity index (χ1n) is 3.65. The predicted molar refractivity (Wildman–Crippen MR) is 57.4 cm³/mol. The van der Waals surface area contributed by atoms with Crippen molar-refractivity contribution in [2.75, 3.05) is 6.61 Å². The largest absolute Gasteiger partial charge is 0.493 e. The van der Waals surface area contributed by atoms with E-state index in [1.807, 2.05) is 13.0 Å². The summed E-state index contributed by atoms with van der Waals surface area (Å²) >= 11 is 3.27. The van der Waals surface area contributed by atoms with Gasteiger partial charge in [0.25, 0.3) is 0 Å². The van der Waals surface area contributed by atoms with E-state index in [1.54, 1.807) is 12.1 Å². The van der Waals surface area contributed by atoms with Crippen LogP contribution in [0.3, 0.4) is 0 Å². The van der Waals surface area contributed by atoms with Crippen molar-refractivity contribution in [2.45, 2.75) is 14.4 Å². The average molecular weight is 245 g/mol. The van der Waals surface area contributed by atoms with Crippen molar-refractivity contribution in [3.8, 4) is 5.75 Å². The molecule has 1 aromatic rings. The Hall–Kier alpha value is -0.830. The van der Waals surface area contributed by atoms with Gasteiger partial charge in [-0.2, -0.15) is 0 Å². The average Bonchev–Trinajstić information content (AvgIpc) is 2.08. The van der Waals surface area contributed by atoms with Gasteiger partial charge >= 0.3 is 0 Å². The molecule has 0 saturated heterocycles. The number of carbonyl (C=O) groups is 1. The normalized spacial score (nSPS) is 8.77. The van der Waals surface area contributed by atoms with E-state index in [-0.39, 0.29) is 7.43 Å². The fourth-order valence-electron chi connectivity index (χ4n) is 0.898. The molecular weight excluding hydrogens is 232 g/mol. The fourth-order valence-corrected chi connectivity index (χ4v) is 1.28. The lowest BCUT2D eigenvalue weighted by atomic mass is 10.2. The number of carbonyl (C=O) groups excluding carboxylic acids is 1. The highest BCUT2D eigenvalue weighted by Crippen LogP contribution is 2.21. The zero-order valence-corrected chi connectivity index (χ0v) is 8.30.